The van der Waals surface area contributed by atoms with Crippen molar-refractivity contribution in [2.75, 3.05) is 0 Å². The number of ketones is 1. The van der Waals surface area contributed by atoms with Crippen molar-refractivity contribution < 1.29 is 4.79 Å². The summed E-state index contributed by atoms with van der Waals surface area (Å²) in [5, 5.41) is 0. The predicted octanol–water partition coefficient (Wildman–Crippen LogP) is 2.86. The molecule has 2 aromatic rings. The van der Waals surface area contributed by atoms with Gasteiger partial charge in [-0.2, -0.15) is 0 Å². The molecule has 0 saturated heterocycles. The van der Waals surface area contributed by atoms with Crippen molar-refractivity contribution in [3.63, 3.8) is 0 Å². The van der Waals surface area contributed by atoms with E-state index in [1.807, 2.05) is 45.0 Å². The van der Waals surface area contributed by atoms with Gasteiger partial charge in [0.2, 0.25) is 0 Å². The second-order valence-corrected chi connectivity index (χ2v) is 4.82. The number of hydrogen-bond acceptors (Lipinski definition) is 3. The van der Waals surface area contributed by atoms with Gasteiger partial charge < -0.3 is 0 Å². The first kappa shape index (κ1) is 10.7. The van der Waals surface area contributed by atoms with E-state index in [4.69, 9.17) is 0 Å². The standard InChI is InChI=1S/C13H14N2O/c1-13(2,3)12(16)11-8-14-9-6-4-5-7-10(9)15-11/h4-8H,1-3H3. The molecule has 0 amide bonds. The van der Waals surface area contributed by atoms with Crippen LogP contribution < -0.4 is 0 Å². The van der Waals surface area contributed by atoms with Gasteiger partial charge in [0.05, 0.1) is 17.2 Å². The summed E-state index contributed by atoms with van der Waals surface area (Å²) in [7, 11) is 0. The molecule has 0 saturated carbocycles. The fraction of sp³-hybridized carbons (Fsp3) is 0.308. The molecule has 0 spiro atoms. The van der Waals surface area contributed by atoms with Crippen molar-refractivity contribution >= 4 is 16.8 Å². The van der Waals surface area contributed by atoms with Crippen LogP contribution in [0, 0.1) is 5.41 Å². The molecule has 3 nitrogen and oxygen atoms in total. The van der Waals surface area contributed by atoms with Crippen LogP contribution in [0.25, 0.3) is 11.0 Å². The molecule has 0 unspecified atom stereocenters. The molecule has 0 aliphatic rings. The molecule has 0 atom stereocenters. The largest absolute Gasteiger partial charge is 0.292 e. The molecular formula is C13H14N2O. The summed E-state index contributed by atoms with van der Waals surface area (Å²) in [5.41, 5.74) is 1.59. The van der Waals surface area contributed by atoms with Crippen molar-refractivity contribution in [2.45, 2.75) is 20.8 Å². The van der Waals surface area contributed by atoms with E-state index < -0.39 is 5.41 Å². The van der Waals surface area contributed by atoms with Crippen molar-refractivity contribution in [3.05, 3.63) is 36.2 Å². The van der Waals surface area contributed by atoms with Crippen LogP contribution >= 0.6 is 0 Å². The summed E-state index contributed by atoms with van der Waals surface area (Å²) >= 11 is 0. The Balaban J connectivity index is 2.52. The Kier molecular flexibility index (Phi) is 2.46. The van der Waals surface area contributed by atoms with Gasteiger partial charge in [0.25, 0.3) is 0 Å². The molecule has 0 bridgehead atoms. The number of fused-ring (bicyclic) bond motifs is 1. The molecule has 0 aliphatic heterocycles. The number of hydrogen-bond donors (Lipinski definition) is 0. The lowest BCUT2D eigenvalue weighted by Crippen LogP contribution is -2.21. The molecule has 0 N–H and O–H groups in total. The van der Waals surface area contributed by atoms with Gasteiger partial charge in [-0.05, 0) is 12.1 Å². The first-order valence-electron chi connectivity index (χ1n) is 5.25. The highest BCUT2D eigenvalue weighted by atomic mass is 16.1. The van der Waals surface area contributed by atoms with E-state index in [0.29, 0.717) is 5.69 Å². The van der Waals surface area contributed by atoms with E-state index in [1.54, 1.807) is 6.20 Å². The molecule has 16 heavy (non-hydrogen) atoms. The number of rotatable bonds is 1. The fourth-order valence-electron chi connectivity index (χ4n) is 1.45. The summed E-state index contributed by atoms with van der Waals surface area (Å²) < 4.78 is 0. The van der Waals surface area contributed by atoms with E-state index in [-0.39, 0.29) is 5.78 Å². The quantitative estimate of drug-likeness (QED) is 0.685. The molecule has 0 fully saturated rings. The van der Waals surface area contributed by atoms with Gasteiger partial charge in [-0.15, -0.1) is 0 Å². The maximum absolute atomic E-state index is 12.0. The third kappa shape index (κ3) is 1.94. The molecule has 0 aliphatic carbocycles. The number of benzene rings is 1. The van der Waals surface area contributed by atoms with Crippen LogP contribution in [0.3, 0.4) is 0 Å². The van der Waals surface area contributed by atoms with Gasteiger partial charge in [-0.3, -0.25) is 9.78 Å². The number of nitrogens with zero attached hydrogens (tertiary/aromatic N) is 2. The average molecular weight is 214 g/mol. The highest BCUT2D eigenvalue weighted by Crippen LogP contribution is 2.20. The van der Waals surface area contributed by atoms with Gasteiger partial charge in [-0.1, -0.05) is 32.9 Å². The molecule has 1 aromatic carbocycles. The van der Waals surface area contributed by atoms with Crippen LogP contribution in [-0.2, 0) is 0 Å². The molecule has 1 aromatic heterocycles. The van der Waals surface area contributed by atoms with Crippen LogP contribution in [0.15, 0.2) is 30.5 Å². The minimum atomic E-state index is -0.420. The van der Waals surface area contributed by atoms with E-state index >= 15 is 0 Å². The van der Waals surface area contributed by atoms with Gasteiger partial charge in [-0.25, -0.2) is 4.98 Å². The summed E-state index contributed by atoms with van der Waals surface area (Å²) in [4.78, 5) is 20.6. The van der Waals surface area contributed by atoms with Gasteiger partial charge in [0.15, 0.2) is 5.78 Å². The minimum absolute atomic E-state index is 0.0192. The van der Waals surface area contributed by atoms with Crippen molar-refractivity contribution in [3.8, 4) is 0 Å². The SMILES string of the molecule is CC(C)(C)C(=O)c1cnc2ccccc2n1. The summed E-state index contributed by atoms with van der Waals surface area (Å²) in [6.07, 6.45) is 1.55. The maximum Gasteiger partial charge on any atom is 0.188 e. The topological polar surface area (TPSA) is 42.9 Å². The fourth-order valence-corrected chi connectivity index (χ4v) is 1.45. The van der Waals surface area contributed by atoms with Crippen LogP contribution in [0.2, 0.25) is 0 Å². The molecule has 82 valence electrons. The number of carbonyl (C=O) groups is 1. The van der Waals surface area contributed by atoms with Crippen molar-refractivity contribution in [2.24, 2.45) is 5.41 Å². The smallest absolute Gasteiger partial charge is 0.188 e. The molecule has 0 radical (unpaired) electrons. The Labute approximate surface area is 94.5 Å². The number of para-hydroxylation sites is 2. The first-order valence-corrected chi connectivity index (χ1v) is 5.25. The number of aromatic nitrogens is 2. The highest BCUT2D eigenvalue weighted by molar-refractivity contribution is 5.99. The zero-order chi connectivity index (χ0) is 11.8. The number of carbonyl (C=O) groups excluding carboxylic acids is 1. The summed E-state index contributed by atoms with van der Waals surface area (Å²) in [5.74, 6) is 0.0192. The van der Waals surface area contributed by atoms with Gasteiger partial charge in [0.1, 0.15) is 5.69 Å². The normalized spacial score (nSPS) is 11.7. The van der Waals surface area contributed by atoms with Crippen molar-refractivity contribution in [1.29, 1.82) is 0 Å². The van der Waals surface area contributed by atoms with Crippen LogP contribution in [-0.4, -0.2) is 15.8 Å². The van der Waals surface area contributed by atoms with E-state index in [9.17, 15) is 4.79 Å². The zero-order valence-corrected chi connectivity index (χ0v) is 9.69. The number of Topliss-reactive ketones (excluding diaryl/α,β-unsaturated/α-hetero) is 1. The average Bonchev–Trinajstić information content (AvgIpc) is 2.26. The van der Waals surface area contributed by atoms with E-state index in [0.717, 1.165) is 11.0 Å². The second kappa shape index (κ2) is 3.67. The Morgan fingerprint density at radius 2 is 1.75 bits per heavy atom. The van der Waals surface area contributed by atoms with Crippen LogP contribution in [0.4, 0.5) is 0 Å². The van der Waals surface area contributed by atoms with E-state index in [1.165, 1.54) is 0 Å². The summed E-state index contributed by atoms with van der Waals surface area (Å²) in [6.45, 7) is 5.64. The Bertz CT molecular complexity index is 541. The van der Waals surface area contributed by atoms with Crippen molar-refractivity contribution in [1.82, 2.24) is 9.97 Å². The molecule has 1 heterocycles. The van der Waals surface area contributed by atoms with Gasteiger partial charge >= 0.3 is 0 Å². The lowest BCUT2D eigenvalue weighted by Gasteiger charge is -2.15. The monoisotopic (exact) mass is 214 g/mol. The summed E-state index contributed by atoms with van der Waals surface area (Å²) in [6, 6.07) is 7.54. The lowest BCUT2D eigenvalue weighted by atomic mass is 9.89. The molecule has 2 rings (SSSR count). The zero-order valence-electron chi connectivity index (χ0n) is 9.69. The van der Waals surface area contributed by atoms with Gasteiger partial charge in [0, 0.05) is 5.41 Å². The molecule has 3 heteroatoms. The Morgan fingerprint density at radius 3 is 2.38 bits per heavy atom. The third-order valence-electron chi connectivity index (χ3n) is 2.36. The highest BCUT2D eigenvalue weighted by Gasteiger charge is 2.24. The predicted molar refractivity (Wildman–Crippen MR) is 63.3 cm³/mol. The third-order valence-corrected chi connectivity index (χ3v) is 2.36. The lowest BCUT2D eigenvalue weighted by molar-refractivity contribution is 0.0853. The minimum Gasteiger partial charge on any atom is -0.292 e. The Hall–Kier alpha value is -1.77. The van der Waals surface area contributed by atoms with Crippen LogP contribution in [0.5, 0.6) is 0 Å². The Morgan fingerprint density at radius 1 is 1.12 bits per heavy atom. The second-order valence-electron chi connectivity index (χ2n) is 4.82. The first-order chi connectivity index (χ1) is 7.48. The van der Waals surface area contributed by atoms with E-state index in [2.05, 4.69) is 9.97 Å². The van der Waals surface area contributed by atoms with Crippen LogP contribution in [0.1, 0.15) is 31.3 Å². The molecular weight excluding hydrogens is 200 g/mol. The maximum atomic E-state index is 12.0.